The highest BCUT2D eigenvalue weighted by Gasteiger charge is 2.23. The van der Waals surface area contributed by atoms with Gasteiger partial charge in [0.05, 0.1) is 6.10 Å². The number of phenols is 1. The van der Waals surface area contributed by atoms with Crippen LogP contribution in [-0.2, 0) is 9.53 Å². The molecule has 25 heavy (non-hydrogen) atoms. The van der Waals surface area contributed by atoms with Gasteiger partial charge in [0.1, 0.15) is 23.5 Å². The van der Waals surface area contributed by atoms with Crippen LogP contribution in [0.2, 0.25) is 0 Å². The number of phenolic OH excluding ortho intramolecular Hbond substituents is 1. The SMILES string of the molecule is Cc1ccc(O)c2c1/C=C/C[C@H](O)[C@H](O)C(=O)/C=C\C[C@H](C)OC2=O. The van der Waals surface area contributed by atoms with E-state index in [2.05, 4.69) is 0 Å². The van der Waals surface area contributed by atoms with Crippen LogP contribution >= 0.6 is 0 Å². The average Bonchev–Trinajstić information content (AvgIpc) is 2.55. The van der Waals surface area contributed by atoms with Crippen LogP contribution in [0.25, 0.3) is 6.08 Å². The van der Waals surface area contributed by atoms with Crippen molar-refractivity contribution in [1.82, 2.24) is 0 Å². The number of aryl methyl sites for hydroxylation is 1. The molecule has 0 amide bonds. The number of aromatic hydroxyl groups is 1. The molecule has 6 heteroatoms. The van der Waals surface area contributed by atoms with Crippen LogP contribution in [-0.4, -0.2) is 45.4 Å². The van der Waals surface area contributed by atoms with E-state index in [0.717, 1.165) is 5.56 Å². The maximum atomic E-state index is 12.4. The van der Waals surface area contributed by atoms with Gasteiger partial charge >= 0.3 is 5.97 Å². The van der Waals surface area contributed by atoms with Crippen LogP contribution in [0.3, 0.4) is 0 Å². The maximum absolute atomic E-state index is 12.4. The number of esters is 1. The van der Waals surface area contributed by atoms with E-state index in [-0.39, 0.29) is 24.2 Å². The first-order valence-corrected chi connectivity index (χ1v) is 8.08. The molecule has 2 rings (SSSR count). The molecule has 1 aliphatic heterocycles. The van der Waals surface area contributed by atoms with Gasteiger partial charge in [-0.05, 0) is 43.5 Å². The van der Waals surface area contributed by atoms with E-state index in [1.165, 1.54) is 18.2 Å². The molecule has 0 radical (unpaired) electrons. The van der Waals surface area contributed by atoms with Crippen LogP contribution in [0.5, 0.6) is 5.75 Å². The fraction of sp³-hybridized carbons (Fsp3) is 0.368. The lowest BCUT2D eigenvalue weighted by Crippen LogP contribution is -2.32. The van der Waals surface area contributed by atoms with E-state index in [9.17, 15) is 24.9 Å². The summed E-state index contributed by atoms with van der Waals surface area (Å²) in [6.07, 6.45) is 2.72. The quantitative estimate of drug-likeness (QED) is 0.620. The van der Waals surface area contributed by atoms with Gasteiger partial charge in [-0.15, -0.1) is 0 Å². The van der Waals surface area contributed by atoms with Crippen molar-refractivity contribution in [3.63, 3.8) is 0 Å². The van der Waals surface area contributed by atoms with Crippen LogP contribution in [0, 0.1) is 6.92 Å². The fourth-order valence-corrected chi connectivity index (χ4v) is 2.55. The van der Waals surface area contributed by atoms with Crippen molar-refractivity contribution >= 4 is 17.8 Å². The second-order valence-electron chi connectivity index (χ2n) is 6.10. The Morgan fingerprint density at radius 1 is 1.08 bits per heavy atom. The summed E-state index contributed by atoms with van der Waals surface area (Å²) in [6, 6.07) is 3.09. The molecule has 3 N–H and O–H groups in total. The molecule has 6 nitrogen and oxygen atoms in total. The van der Waals surface area contributed by atoms with Crippen LogP contribution in [0.4, 0.5) is 0 Å². The summed E-state index contributed by atoms with van der Waals surface area (Å²) in [5.74, 6) is -1.46. The molecule has 134 valence electrons. The Bertz CT molecular complexity index is 719. The Morgan fingerprint density at radius 3 is 2.48 bits per heavy atom. The molecule has 0 saturated carbocycles. The van der Waals surface area contributed by atoms with Crippen LogP contribution < -0.4 is 0 Å². The van der Waals surface area contributed by atoms with Gasteiger partial charge in [-0.1, -0.05) is 24.3 Å². The molecule has 0 saturated heterocycles. The topological polar surface area (TPSA) is 104 Å². The summed E-state index contributed by atoms with van der Waals surface area (Å²) in [4.78, 5) is 24.2. The van der Waals surface area contributed by atoms with Crippen molar-refractivity contribution in [2.45, 2.75) is 45.0 Å². The summed E-state index contributed by atoms with van der Waals surface area (Å²) >= 11 is 0. The number of cyclic esters (lactones) is 1. The number of carbonyl (C=O) groups excluding carboxylic acids is 2. The molecule has 0 aromatic heterocycles. The first kappa shape index (κ1) is 18.9. The molecule has 1 heterocycles. The van der Waals surface area contributed by atoms with E-state index in [0.29, 0.717) is 5.56 Å². The predicted molar refractivity (Wildman–Crippen MR) is 92.1 cm³/mol. The molecule has 0 bridgehead atoms. The second kappa shape index (κ2) is 8.09. The number of ketones is 1. The molecule has 1 aromatic rings. The minimum absolute atomic E-state index is 0.0146. The van der Waals surface area contributed by atoms with Gasteiger partial charge in [0.25, 0.3) is 0 Å². The molecule has 0 spiro atoms. The van der Waals surface area contributed by atoms with Crippen molar-refractivity contribution in [3.05, 3.63) is 47.1 Å². The Kier molecular flexibility index (Phi) is 6.12. The number of carbonyl (C=O) groups is 2. The molecule has 0 aliphatic carbocycles. The number of hydrogen-bond donors (Lipinski definition) is 3. The van der Waals surface area contributed by atoms with Crippen molar-refractivity contribution in [1.29, 1.82) is 0 Å². The van der Waals surface area contributed by atoms with Crippen molar-refractivity contribution in [3.8, 4) is 5.75 Å². The van der Waals surface area contributed by atoms with E-state index < -0.39 is 30.1 Å². The number of benzene rings is 1. The normalized spacial score (nSPS) is 27.8. The third kappa shape index (κ3) is 4.55. The van der Waals surface area contributed by atoms with E-state index >= 15 is 0 Å². The highest BCUT2D eigenvalue weighted by molar-refractivity contribution is 5.97. The van der Waals surface area contributed by atoms with Gasteiger partial charge < -0.3 is 20.1 Å². The van der Waals surface area contributed by atoms with Gasteiger partial charge in [-0.25, -0.2) is 4.79 Å². The number of aliphatic hydroxyl groups excluding tert-OH is 2. The van der Waals surface area contributed by atoms with E-state index in [1.807, 2.05) is 0 Å². The summed E-state index contributed by atoms with van der Waals surface area (Å²) in [6.45, 7) is 3.44. The van der Waals surface area contributed by atoms with Crippen molar-refractivity contribution in [2.75, 3.05) is 0 Å². The first-order chi connectivity index (χ1) is 11.8. The monoisotopic (exact) mass is 346 g/mol. The van der Waals surface area contributed by atoms with Gasteiger partial charge in [0, 0.05) is 6.42 Å². The summed E-state index contributed by atoms with van der Waals surface area (Å²) < 4.78 is 5.33. The summed E-state index contributed by atoms with van der Waals surface area (Å²) in [5.41, 5.74) is 1.26. The van der Waals surface area contributed by atoms with E-state index in [4.69, 9.17) is 4.74 Å². The molecule has 1 aliphatic rings. The molecule has 0 unspecified atom stereocenters. The molecule has 1 aromatic carbocycles. The minimum atomic E-state index is -1.52. The lowest BCUT2D eigenvalue weighted by molar-refractivity contribution is -0.127. The van der Waals surface area contributed by atoms with Gasteiger partial charge in [0.2, 0.25) is 0 Å². The molecular formula is C19H22O6. The standard InChI is InChI=1S/C19H22O6/c1-11-9-10-14(20)17-13(11)6-4-8-16(22)18(23)15(21)7-3-5-12(2)25-19(17)24/h3-4,6-7,9-10,12,16,18,20,22-23H,5,8H2,1-2H3/b6-4+,7-3-/t12-,16-,18+/m0/s1. The number of rotatable bonds is 0. The van der Waals surface area contributed by atoms with Crippen LogP contribution in [0.1, 0.15) is 41.3 Å². The lowest BCUT2D eigenvalue weighted by Gasteiger charge is -2.17. The largest absolute Gasteiger partial charge is 0.507 e. The molecular weight excluding hydrogens is 324 g/mol. The Morgan fingerprint density at radius 2 is 1.76 bits per heavy atom. The number of aliphatic hydroxyl groups is 2. The van der Waals surface area contributed by atoms with Gasteiger partial charge in [0.15, 0.2) is 5.78 Å². The number of ether oxygens (including phenoxy) is 1. The lowest BCUT2D eigenvalue weighted by atomic mass is 9.98. The third-order valence-electron chi connectivity index (χ3n) is 4.02. The Labute approximate surface area is 146 Å². The Hall–Kier alpha value is -2.44. The highest BCUT2D eigenvalue weighted by atomic mass is 16.5. The predicted octanol–water partition coefficient (Wildman–Crippen LogP) is 1.90. The van der Waals surface area contributed by atoms with Crippen molar-refractivity contribution < 1.29 is 29.6 Å². The number of fused-ring (bicyclic) bond motifs is 1. The van der Waals surface area contributed by atoms with Crippen molar-refractivity contribution in [2.24, 2.45) is 0 Å². The molecule has 3 atom stereocenters. The Balaban J connectivity index is 2.45. The number of hydrogen-bond acceptors (Lipinski definition) is 6. The van der Waals surface area contributed by atoms with Gasteiger partial charge in [-0.3, -0.25) is 4.79 Å². The first-order valence-electron chi connectivity index (χ1n) is 8.08. The van der Waals surface area contributed by atoms with Crippen LogP contribution in [0.15, 0.2) is 30.4 Å². The maximum Gasteiger partial charge on any atom is 0.342 e. The minimum Gasteiger partial charge on any atom is -0.507 e. The molecule has 0 fully saturated rings. The zero-order valence-electron chi connectivity index (χ0n) is 14.2. The van der Waals surface area contributed by atoms with E-state index in [1.54, 1.807) is 32.1 Å². The second-order valence-corrected chi connectivity index (χ2v) is 6.10. The zero-order chi connectivity index (χ0) is 18.6. The smallest absolute Gasteiger partial charge is 0.342 e. The summed E-state index contributed by atoms with van der Waals surface area (Å²) in [7, 11) is 0. The van der Waals surface area contributed by atoms with Gasteiger partial charge in [-0.2, -0.15) is 0 Å². The fourth-order valence-electron chi connectivity index (χ4n) is 2.55. The third-order valence-corrected chi connectivity index (χ3v) is 4.02. The highest BCUT2D eigenvalue weighted by Crippen LogP contribution is 2.27. The summed E-state index contributed by atoms with van der Waals surface area (Å²) in [5, 5.41) is 29.9. The average molecular weight is 346 g/mol. The zero-order valence-corrected chi connectivity index (χ0v) is 14.2.